The van der Waals surface area contributed by atoms with E-state index in [1.807, 2.05) is 18.4 Å². The molecule has 0 aliphatic carbocycles. The highest BCUT2D eigenvalue weighted by atomic mass is 79.9. The Balaban J connectivity index is 2.14. The molecule has 1 saturated heterocycles. The van der Waals surface area contributed by atoms with Crippen LogP contribution in [0.15, 0.2) is 15.9 Å². The number of hydrogen-bond donors (Lipinski definition) is 2. The largest absolute Gasteiger partial charge is 0.314 e. The number of piperazine rings is 1. The zero-order chi connectivity index (χ0) is 11.5. The summed E-state index contributed by atoms with van der Waals surface area (Å²) in [7, 11) is 4.25. The minimum atomic E-state index is 0.411. The molecular formula is C11H18BrN3S. The van der Waals surface area contributed by atoms with Crippen LogP contribution in [0.4, 0.5) is 0 Å². The van der Waals surface area contributed by atoms with Crippen molar-refractivity contribution in [1.82, 2.24) is 15.5 Å². The number of nitrogens with zero attached hydrogens (tertiary/aromatic N) is 1. The van der Waals surface area contributed by atoms with Crippen LogP contribution < -0.4 is 10.6 Å². The van der Waals surface area contributed by atoms with Gasteiger partial charge in [0.25, 0.3) is 0 Å². The van der Waals surface area contributed by atoms with Gasteiger partial charge in [-0.1, -0.05) is 0 Å². The van der Waals surface area contributed by atoms with Crippen molar-refractivity contribution in [2.75, 3.05) is 33.7 Å². The molecule has 5 heteroatoms. The monoisotopic (exact) mass is 303 g/mol. The molecule has 1 aromatic rings. The first-order chi connectivity index (χ1) is 7.72. The summed E-state index contributed by atoms with van der Waals surface area (Å²) in [6, 6.07) is 5.28. The standard InChI is InChI=1S/C11H18BrN3S/c1-13-11(9-3-4-10(12)16-9)8-7-14-5-6-15(8)2/h3-4,8,11,13-14H,5-7H2,1-2H3. The molecule has 16 heavy (non-hydrogen) atoms. The second-order valence-corrected chi connectivity index (χ2v) is 6.65. The van der Waals surface area contributed by atoms with E-state index >= 15 is 0 Å². The van der Waals surface area contributed by atoms with Gasteiger partial charge >= 0.3 is 0 Å². The molecule has 0 amide bonds. The number of likely N-dealkylation sites (N-methyl/N-ethyl adjacent to an activating group) is 2. The lowest BCUT2D eigenvalue weighted by Crippen LogP contribution is -2.54. The van der Waals surface area contributed by atoms with Crippen molar-refractivity contribution >= 4 is 27.3 Å². The molecule has 1 fully saturated rings. The molecule has 1 aliphatic rings. The quantitative estimate of drug-likeness (QED) is 0.889. The summed E-state index contributed by atoms with van der Waals surface area (Å²) in [4.78, 5) is 3.83. The van der Waals surface area contributed by atoms with Gasteiger partial charge < -0.3 is 10.6 Å². The van der Waals surface area contributed by atoms with Crippen molar-refractivity contribution < 1.29 is 0 Å². The Kier molecular flexibility index (Phi) is 4.38. The topological polar surface area (TPSA) is 27.3 Å². The van der Waals surface area contributed by atoms with Crippen LogP contribution in [0.1, 0.15) is 10.9 Å². The molecule has 3 nitrogen and oxygen atoms in total. The zero-order valence-corrected chi connectivity index (χ0v) is 12.1. The van der Waals surface area contributed by atoms with Crippen molar-refractivity contribution in [2.24, 2.45) is 0 Å². The van der Waals surface area contributed by atoms with Gasteiger partial charge in [0.1, 0.15) is 0 Å². The fourth-order valence-corrected chi connectivity index (χ4v) is 3.81. The van der Waals surface area contributed by atoms with Crippen LogP contribution >= 0.6 is 27.3 Å². The summed E-state index contributed by atoms with van der Waals surface area (Å²) in [5, 5.41) is 6.91. The van der Waals surface area contributed by atoms with Gasteiger partial charge in [0, 0.05) is 30.6 Å². The van der Waals surface area contributed by atoms with Gasteiger partial charge in [-0.05, 0) is 42.2 Å². The first kappa shape index (κ1) is 12.5. The smallest absolute Gasteiger partial charge is 0.0702 e. The predicted molar refractivity (Wildman–Crippen MR) is 73.1 cm³/mol. The van der Waals surface area contributed by atoms with Crippen LogP contribution in [0, 0.1) is 0 Å². The van der Waals surface area contributed by atoms with Crippen LogP contribution in [0.5, 0.6) is 0 Å². The first-order valence-electron chi connectivity index (χ1n) is 5.56. The van der Waals surface area contributed by atoms with E-state index < -0.39 is 0 Å². The van der Waals surface area contributed by atoms with E-state index in [-0.39, 0.29) is 0 Å². The summed E-state index contributed by atoms with van der Waals surface area (Å²) < 4.78 is 1.20. The van der Waals surface area contributed by atoms with E-state index in [1.165, 1.54) is 8.66 Å². The Labute approximate surface area is 109 Å². The van der Waals surface area contributed by atoms with Crippen LogP contribution in [-0.4, -0.2) is 44.7 Å². The fraction of sp³-hybridized carbons (Fsp3) is 0.636. The van der Waals surface area contributed by atoms with Crippen molar-refractivity contribution in [3.63, 3.8) is 0 Å². The molecule has 1 aliphatic heterocycles. The number of nitrogens with one attached hydrogen (secondary N) is 2. The van der Waals surface area contributed by atoms with Gasteiger partial charge in [0.05, 0.1) is 9.83 Å². The third kappa shape index (κ3) is 2.65. The maximum Gasteiger partial charge on any atom is 0.0702 e. The Morgan fingerprint density at radius 1 is 1.62 bits per heavy atom. The molecule has 2 N–H and O–H groups in total. The highest BCUT2D eigenvalue weighted by molar-refractivity contribution is 9.11. The summed E-state index contributed by atoms with van der Waals surface area (Å²) in [5.41, 5.74) is 0. The normalized spacial score (nSPS) is 24.6. The molecule has 90 valence electrons. The number of hydrogen-bond acceptors (Lipinski definition) is 4. The minimum absolute atomic E-state index is 0.411. The lowest BCUT2D eigenvalue weighted by Gasteiger charge is -2.38. The molecule has 2 atom stereocenters. The lowest BCUT2D eigenvalue weighted by atomic mass is 10.0. The van der Waals surface area contributed by atoms with E-state index in [1.54, 1.807) is 0 Å². The van der Waals surface area contributed by atoms with Gasteiger partial charge in [0.15, 0.2) is 0 Å². The molecule has 1 aromatic heterocycles. The van der Waals surface area contributed by atoms with E-state index in [2.05, 4.69) is 50.6 Å². The highest BCUT2D eigenvalue weighted by Gasteiger charge is 2.28. The highest BCUT2D eigenvalue weighted by Crippen LogP contribution is 2.30. The van der Waals surface area contributed by atoms with Crippen molar-refractivity contribution in [2.45, 2.75) is 12.1 Å². The van der Waals surface area contributed by atoms with Gasteiger partial charge in [-0.25, -0.2) is 0 Å². The molecule has 2 unspecified atom stereocenters. The summed E-state index contributed by atoms with van der Waals surface area (Å²) in [5.74, 6) is 0. The molecule has 0 saturated carbocycles. The van der Waals surface area contributed by atoms with Crippen molar-refractivity contribution in [3.8, 4) is 0 Å². The molecule has 0 radical (unpaired) electrons. The summed E-state index contributed by atoms with van der Waals surface area (Å²) >= 11 is 5.35. The average molecular weight is 304 g/mol. The van der Waals surface area contributed by atoms with Crippen molar-refractivity contribution in [1.29, 1.82) is 0 Å². The van der Waals surface area contributed by atoms with Gasteiger partial charge in [0.2, 0.25) is 0 Å². The average Bonchev–Trinajstić information content (AvgIpc) is 2.69. The second-order valence-electron chi connectivity index (χ2n) is 4.16. The van der Waals surface area contributed by atoms with E-state index in [9.17, 15) is 0 Å². The van der Waals surface area contributed by atoms with Crippen LogP contribution in [0.3, 0.4) is 0 Å². The van der Waals surface area contributed by atoms with Gasteiger partial charge in [-0.15, -0.1) is 11.3 Å². The molecular weight excluding hydrogens is 286 g/mol. The maximum absolute atomic E-state index is 3.53. The minimum Gasteiger partial charge on any atom is -0.314 e. The third-order valence-electron chi connectivity index (χ3n) is 3.16. The Morgan fingerprint density at radius 3 is 3.00 bits per heavy atom. The molecule has 2 rings (SSSR count). The number of halogens is 1. The molecule has 0 bridgehead atoms. The van der Waals surface area contributed by atoms with Crippen LogP contribution in [-0.2, 0) is 0 Å². The number of thiophene rings is 1. The molecule has 0 spiro atoms. The van der Waals surface area contributed by atoms with E-state index in [0.717, 1.165) is 19.6 Å². The second kappa shape index (κ2) is 5.60. The maximum atomic E-state index is 3.53. The summed E-state index contributed by atoms with van der Waals surface area (Å²) in [6.07, 6.45) is 0. The SMILES string of the molecule is CNC(c1ccc(Br)s1)C1CNCCN1C. The Hall–Kier alpha value is 0.0600. The fourth-order valence-electron chi connectivity index (χ4n) is 2.22. The Morgan fingerprint density at radius 2 is 2.44 bits per heavy atom. The van der Waals surface area contributed by atoms with Gasteiger partial charge in [-0.2, -0.15) is 0 Å². The van der Waals surface area contributed by atoms with Crippen LogP contribution in [0.25, 0.3) is 0 Å². The zero-order valence-electron chi connectivity index (χ0n) is 9.66. The number of rotatable bonds is 3. The van der Waals surface area contributed by atoms with E-state index in [4.69, 9.17) is 0 Å². The van der Waals surface area contributed by atoms with Crippen molar-refractivity contribution in [3.05, 3.63) is 20.8 Å². The van der Waals surface area contributed by atoms with E-state index in [0.29, 0.717) is 12.1 Å². The lowest BCUT2D eigenvalue weighted by molar-refractivity contribution is 0.163. The first-order valence-corrected chi connectivity index (χ1v) is 7.17. The molecule has 0 aromatic carbocycles. The summed E-state index contributed by atoms with van der Waals surface area (Å²) in [6.45, 7) is 3.27. The molecule has 2 heterocycles. The Bertz CT molecular complexity index is 342. The predicted octanol–water partition coefficient (Wildman–Crippen LogP) is 1.67. The third-order valence-corrected chi connectivity index (χ3v) is 4.86. The van der Waals surface area contributed by atoms with Crippen LogP contribution in [0.2, 0.25) is 0 Å². The van der Waals surface area contributed by atoms with Gasteiger partial charge in [-0.3, -0.25) is 4.90 Å².